The van der Waals surface area contributed by atoms with Gasteiger partial charge in [-0.05, 0) is 60.5 Å². The van der Waals surface area contributed by atoms with Crippen molar-refractivity contribution in [2.24, 2.45) is 0 Å². The molecule has 10 heteroatoms. The molecule has 2 N–H and O–H groups in total. The van der Waals surface area contributed by atoms with E-state index in [0.717, 1.165) is 5.56 Å². The summed E-state index contributed by atoms with van der Waals surface area (Å²) >= 11 is 1.24. The molecule has 9 nitrogen and oxygen atoms in total. The number of carbonyl (C=O) groups is 2. The lowest BCUT2D eigenvalue weighted by atomic mass is 10.1. The number of rotatable bonds is 11. The molecular formula is C32H30N4O5S. The second-order valence-electron chi connectivity index (χ2n) is 9.47. The SMILES string of the molecule is CC[C@H](Sc1nc2ccccc2c(=O)n1Cc1ccc(C(=O)NCc2ccco2)cc1)C(=O)Nc1ccccc1OC. The number of ether oxygens (including phenoxy) is 1. The molecule has 5 aromatic rings. The van der Waals surface area contributed by atoms with Crippen LogP contribution in [0.3, 0.4) is 0 Å². The Morgan fingerprint density at radius 2 is 1.76 bits per heavy atom. The number of methoxy groups -OCH3 is 1. The molecule has 2 aromatic heterocycles. The van der Waals surface area contributed by atoms with Gasteiger partial charge in [-0.3, -0.25) is 19.0 Å². The summed E-state index contributed by atoms with van der Waals surface area (Å²) in [5.41, 5.74) is 2.22. The smallest absolute Gasteiger partial charge is 0.262 e. The summed E-state index contributed by atoms with van der Waals surface area (Å²) in [5, 5.41) is 6.17. The van der Waals surface area contributed by atoms with Gasteiger partial charge in [-0.2, -0.15) is 0 Å². The average molecular weight is 583 g/mol. The minimum atomic E-state index is -0.519. The van der Waals surface area contributed by atoms with Gasteiger partial charge in [0.1, 0.15) is 11.5 Å². The molecule has 0 bridgehead atoms. The predicted molar refractivity (Wildman–Crippen MR) is 163 cm³/mol. The number of thioether (sulfide) groups is 1. The first-order valence-corrected chi connectivity index (χ1v) is 14.3. The number of hydrogen-bond donors (Lipinski definition) is 2. The van der Waals surface area contributed by atoms with Gasteiger partial charge in [0, 0.05) is 5.56 Å². The summed E-state index contributed by atoms with van der Waals surface area (Å²) in [6, 6.07) is 25.0. The largest absolute Gasteiger partial charge is 0.495 e. The fourth-order valence-electron chi connectivity index (χ4n) is 4.41. The number of furan rings is 1. The van der Waals surface area contributed by atoms with Crippen molar-refractivity contribution in [2.45, 2.75) is 36.8 Å². The van der Waals surface area contributed by atoms with Crippen molar-refractivity contribution in [2.75, 3.05) is 12.4 Å². The Hall–Kier alpha value is -4.83. The maximum Gasteiger partial charge on any atom is 0.262 e. The highest BCUT2D eigenvalue weighted by molar-refractivity contribution is 8.00. The van der Waals surface area contributed by atoms with Gasteiger partial charge in [0.2, 0.25) is 5.91 Å². The van der Waals surface area contributed by atoms with Crippen LogP contribution in [-0.4, -0.2) is 33.7 Å². The van der Waals surface area contributed by atoms with Gasteiger partial charge in [0.15, 0.2) is 5.16 Å². The van der Waals surface area contributed by atoms with E-state index in [1.807, 2.05) is 37.3 Å². The molecule has 0 aliphatic carbocycles. The Morgan fingerprint density at radius 1 is 1.00 bits per heavy atom. The fourth-order valence-corrected chi connectivity index (χ4v) is 5.43. The van der Waals surface area contributed by atoms with Gasteiger partial charge < -0.3 is 19.8 Å². The van der Waals surface area contributed by atoms with Gasteiger partial charge in [0.25, 0.3) is 11.5 Å². The monoisotopic (exact) mass is 582 g/mol. The molecule has 42 heavy (non-hydrogen) atoms. The number of hydrogen-bond acceptors (Lipinski definition) is 7. The van der Waals surface area contributed by atoms with Gasteiger partial charge in [-0.1, -0.05) is 55.1 Å². The van der Waals surface area contributed by atoms with Crippen molar-refractivity contribution in [3.05, 3.63) is 118 Å². The van der Waals surface area contributed by atoms with Crippen molar-refractivity contribution < 1.29 is 18.7 Å². The summed E-state index contributed by atoms with van der Waals surface area (Å²) in [6.07, 6.45) is 2.07. The number of amides is 2. The normalized spacial score (nSPS) is 11.7. The van der Waals surface area contributed by atoms with E-state index in [1.165, 1.54) is 11.8 Å². The van der Waals surface area contributed by atoms with E-state index < -0.39 is 5.25 Å². The zero-order chi connectivity index (χ0) is 29.5. The topological polar surface area (TPSA) is 115 Å². The van der Waals surface area contributed by atoms with E-state index in [4.69, 9.17) is 14.1 Å². The molecule has 1 atom stereocenters. The zero-order valence-electron chi connectivity index (χ0n) is 23.2. The van der Waals surface area contributed by atoms with Crippen LogP contribution < -0.4 is 20.9 Å². The highest BCUT2D eigenvalue weighted by atomic mass is 32.2. The number of nitrogens with one attached hydrogen (secondary N) is 2. The molecular weight excluding hydrogens is 552 g/mol. The molecule has 0 saturated heterocycles. The van der Waals surface area contributed by atoms with Crippen LogP contribution in [0.5, 0.6) is 5.75 Å². The quantitative estimate of drug-likeness (QED) is 0.156. The summed E-state index contributed by atoms with van der Waals surface area (Å²) in [7, 11) is 1.55. The average Bonchev–Trinajstić information content (AvgIpc) is 3.55. The highest BCUT2D eigenvalue weighted by Crippen LogP contribution is 2.29. The molecule has 2 heterocycles. The predicted octanol–water partition coefficient (Wildman–Crippen LogP) is 5.49. The summed E-state index contributed by atoms with van der Waals surface area (Å²) in [5.74, 6) is 0.774. The Bertz CT molecular complexity index is 1750. The molecule has 3 aromatic carbocycles. The third-order valence-electron chi connectivity index (χ3n) is 6.66. The van der Waals surface area contributed by atoms with E-state index in [-0.39, 0.29) is 30.5 Å². The highest BCUT2D eigenvalue weighted by Gasteiger charge is 2.23. The van der Waals surface area contributed by atoms with Crippen molar-refractivity contribution in [1.29, 1.82) is 0 Å². The van der Waals surface area contributed by atoms with Crippen LogP contribution in [0.25, 0.3) is 10.9 Å². The third kappa shape index (κ3) is 6.55. The second kappa shape index (κ2) is 13.2. The lowest BCUT2D eigenvalue weighted by Crippen LogP contribution is -2.28. The van der Waals surface area contributed by atoms with Crippen LogP contribution >= 0.6 is 11.8 Å². The van der Waals surface area contributed by atoms with Gasteiger partial charge in [-0.15, -0.1) is 0 Å². The molecule has 0 unspecified atom stereocenters. The molecule has 0 fully saturated rings. The van der Waals surface area contributed by atoms with Crippen LogP contribution in [0.15, 0.2) is 106 Å². The lowest BCUT2D eigenvalue weighted by Gasteiger charge is -2.19. The molecule has 0 spiro atoms. The molecule has 0 aliphatic heterocycles. The Labute approximate surface area is 246 Å². The number of para-hydroxylation sites is 3. The van der Waals surface area contributed by atoms with Crippen LogP contribution in [0, 0.1) is 0 Å². The number of aromatic nitrogens is 2. The minimum absolute atomic E-state index is 0.205. The number of fused-ring (bicyclic) bond motifs is 1. The molecule has 0 aliphatic rings. The van der Waals surface area contributed by atoms with Crippen molar-refractivity contribution in [3.63, 3.8) is 0 Å². The molecule has 0 saturated carbocycles. The summed E-state index contributed by atoms with van der Waals surface area (Å²) in [6.45, 7) is 2.42. The molecule has 5 rings (SSSR count). The number of anilines is 1. The number of carbonyl (C=O) groups excluding carboxylic acids is 2. The maximum absolute atomic E-state index is 13.7. The Balaban J connectivity index is 1.39. The number of nitrogens with zero attached hydrogens (tertiary/aromatic N) is 2. The van der Waals surface area contributed by atoms with Gasteiger partial charge >= 0.3 is 0 Å². The first-order chi connectivity index (χ1) is 20.5. The van der Waals surface area contributed by atoms with E-state index in [2.05, 4.69) is 10.6 Å². The first-order valence-electron chi connectivity index (χ1n) is 13.5. The summed E-state index contributed by atoms with van der Waals surface area (Å²) < 4.78 is 12.2. The van der Waals surface area contributed by atoms with Gasteiger partial charge in [0.05, 0.1) is 48.3 Å². The van der Waals surface area contributed by atoms with E-state index in [0.29, 0.717) is 45.2 Å². The fraction of sp³-hybridized carbons (Fsp3) is 0.188. The lowest BCUT2D eigenvalue weighted by molar-refractivity contribution is -0.115. The van der Waals surface area contributed by atoms with Crippen molar-refractivity contribution >= 4 is 40.2 Å². The maximum atomic E-state index is 13.7. The van der Waals surface area contributed by atoms with Crippen LogP contribution in [0.1, 0.15) is 35.0 Å². The van der Waals surface area contributed by atoms with Gasteiger partial charge in [-0.25, -0.2) is 4.98 Å². The standard InChI is InChI=1S/C32H30N4O5S/c1-3-28(30(38)34-26-12-6-7-13-27(26)40-2)42-32-35-25-11-5-4-10-24(25)31(39)36(32)20-21-14-16-22(17-15-21)29(37)33-19-23-9-8-18-41-23/h4-18,28H,3,19-20H2,1-2H3,(H,33,37)(H,34,38)/t28-/m0/s1. The van der Waals surface area contributed by atoms with Crippen molar-refractivity contribution in [3.8, 4) is 5.75 Å². The van der Waals surface area contributed by atoms with Crippen LogP contribution in [0.4, 0.5) is 5.69 Å². The van der Waals surface area contributed by atoms with E-state index in [9.17, 15) is 14.4 Å². The van der Waals surface area contributed by atoms with Crippen LogP contribution in [-0.2, 0) is 17.9 Å². The molecule has 0 radical (unpaired) electrons. The van der Waals surface area contributed by atoms with E-state index >= 15 is 0 Å². The Kier molecular flexibility index (Phi) is 9.03. The van der Waals surface area contributed by atoms with E-state index in [1.54, 1.807) is 72.5 Å². The molecule has 214 valence electrons. The zero-order valence-corrected chi connectivity index (χ0v) is 24.0. The number of benzene rings is 3. The Morgan fingerprint density at radius 3 is 2.50 bits per heavy atom. The molecule has 2 amide bonds. The van der Waals surface area contributed by atoms with Crippen LogP contribution in [0.2, 0.25) is 0 Å². The second-order valence-corrected chi connectivity index (χ2v) is 10.6. The first kappa shape index (κ1) is 28.7. The van der Waals surface area contributed by atoms with Crippen molar-refractivity contribution in [1.82, 2.24) is 14.9 Å². The third-order valence-corrected chi connectivity index (χ3v) is 8.02. The summed E-state index contributed by atoms with van der Waals surface area (Å²) in [4.78, 5) is 44.4. The minimum Gasteiger partial charge on any atom is -0.495 e.